The number of ether oxygens (including phenoxy) is 3. The maximum absolute atomic E-state index is 12.8. The maximum atomic E-state index is 12.8. The Morgan fingerprint density at radius 1 is 0.328 bits per heavy atom. The van der Waals surface area contributed by atoms with Crippen molar-refractivity contribution in [2.75, 3.05) is 13.2 Å². The van der Waals surface area contributed by atoms with Gasteiger partial charge in [-0.1, -0.05) is 204 Å². The summed E-state index contributed by atoms with van der Waals surface area (Å²) in [6.07, 6.45) is 59.6. The molecule has 0 N–H and O–H groups in total. The van der Waals surface area contributed by atoms with Crippen LogP contribution in [0.5, 0.6) is 0 Å². The van der Waals surface area contributed by atoms with Crippen LogP contribution >= 0.6 is 0 Å². The molecule has 354 valence electrons. The normalized spacial score (nSPS) is 12.4. The van der Waals surface area contributed by atoms with E-state index in [9.17, 15) is 14.4 Å². The molecule has 0 aromatic carbocycles. The molecule has 0 aromatic rings. The van der Waals surface area contributed by atoms with Crippen LogP contribution in [0, 0.1) is 0 Å². The standard InChI is InChI=1S/C55H98O6/c1-4-7-10-13-16-19-22-25-27-30-33-36-39-42-45-48-54(57)60-51-52(50-59-53(56)47-44-41-38-35-32-29-24-21-18-15-12-9-6-3)61-55(58)49-46-43-40-37-34-31-28-26-23-20-17-14-11-8-5-2/h19-20,22-23,29,32,38,41,52H,4-18,21,24-28,30-31,33-37,39-40,42-51H2,1-3H3/b22-19-,23-20-,32-29-,41-38-. The number of hydrogen-bond acceptors (Lipinski definition) is 6. The van der Waals surface area contributed by atoms with Gasteiger partial charge in [-0.3, -0.25) is 14.4 Å². The summed E-state index contributed by atoms with van der Waals surface area (Å²) >= 11 is 0. The van der Waals surface area contributed by atoms with E-state index in [1.165, 1.54) is 167 Å². The Labute approximate surface area is 378 Å². The van der Waals surface area contributed by atoms with E-state index in [0.29, 0.717) is 19.3 Å². The second-order valence-electron chi connectivity index (χ2n) is 17.4. The summed E-state index contributed by atoms with van der Waals surface area (Å²) in [5, 5.41) is 0. The second kappa shape index (κ2) is 50.0. The fourth-order valence-corrected chi connectivity index (χ4v) is 7.31. The Kier molecular flexibility index (Phi) is 47.9. The molecule has 6 nitrogen and oxygen atoms in total. The minimum Gasteiger partial charge on any atom is -0.462 e. The average Bonchev–Trinajstić information content (AvgIpc) is 3.26. The highest BCUT2D eigenvalue weighted by Crippen LogP contribution is 2.14. The first-order valence-electron chi connectivity index (χ1n) is 26.1. The molecule has 0 saturated carbocycles. The van der Waals surface area contributed by atoms with E-state index in [4.69, 9.17) is 14.2 Å². The van der Waals surface area contributed by atoms with Gasteiger partial charge >= 0.3 is 17.9 Å². The van der Waals surface area contributed by atoms with Gasteiger partial charge in [-0.25, -0.2) is 0 Å². The molecule has 0 spiro atoms. The van der Waals surface area contributed by atoms with Gasteiger partial charge in [-0.05, 0) is 89.9 Å². The Hall–Kier alpha value is -2.63. The zero-order valence-corrected chi connectivity index (χ0v) is 40.4. The quantitative estimate of drug-likeness (QED) is 0.0263. The van der Waals surface area contributed by atoms with Crippen molar-refractivity contribution in [3.05, 3.63) is 48.6 Å². The van der Waals surface area contributed by atoms with Crippen LogP contribution in [0.1, 0.15) is 265 Å². The van der Waals surface area contributed by atoms with Crippen molar-refractivity contribution in [2.45, 2.75) is 271 Å². The summed E-state index contributed by atoms with van der Waals surface area (Å²) in [6.45, 7) is 6.56. The summed E-state index contributed by atoms with van der Waals surface area (Å²) < 4.78 is 16.7. The molecule has 6 heteroatoms. The Bertz CT molecular complexity index is 1070. The molecule has 0 aliphatic rings. The van der Waals surface area contributed by atoms with Crippen molar-refractivity contribution in [3.63, 3.8) is 0 Å². The third-order valence-electron chi connectivity index (χ3n) is 11.3. The molecule has 0 radical (unpaired) electrons. The van der Waals surface area contributed by atoms with Crippen molar-refractivity contribution in [3.8, 4) is 0 Å². The van der Waals surface area contributed by atoms with Crippen molar-refractivity contribution in [2.24, 2.45) is 0 Å². The molecule has 0 aliphatic carbocycles. The molecular formula is C55H98O6. The van der Waals surface area contributed by atoms with Gasteiger partial charge in [0.25, 0.3) is 0 Å². The van der Waals surface area contributed by atoms with E-state index in [0.717, 1.165) is 51.4 Å². The van der Waals surface area contributed by atoms with E-state index in [-0.39, 0.29) is 37.5 Å². The molecule has 0 aliphatic heterocycles. The highest BCUT2D eigenvalue weighted by atomic mass is 16.6. The largest absolute Gasteiger partial charge is 0.462 e. The fourth-order valence-electron chi connectivity index (χ4n) is 7.31. The molecule has 0 aromatic heterocycles. The summed E-state index contributed by atoms with van der Waals surface area (Å²) in [4.78, 5) is 37.9. The number of allylic oxidation sites excluding steroid dienone is 8. The van der Waals surface area contributed by atoms with Gasteiger partial charge in [-0.2, -0.15) is 0 Å². The number of carbonyl (C=O) groups is 3. The van der Waals surface area contributed by atoms with Gasteiger partial charge in [0.05, 0.1) is 0 Å². The van der Waals surface area contributed by atoms with Crippen LogP contribution in [-0.4, -0.2) is 37.2 Å². The van der Waals surface area contributed by atoms with E-state index in [2.05, 4.69) is 63.3 Å². The van der Waals surface area contributed by atoms with Crippen LogP contribution in [-0.2, 0) is 28.6 Å². The van der Waals surface area contributed by atoms with Crippen LogP contribution in [0.3, 0.4) is 0 Å². The van der Waals surface area contributed by atoms with Gasteiger partial charge in [0.1, 0.15) is 13.2 Å². The molecule has 0 fully saturated rings. The number of esters is 3. The smallest absolute Gasteiger partial charge is 0.306 e. The van der Waals surface area contributed by atoms with Crippen molar-refractivity contribution in [1.82, 2.24) is 0 Å². The molecule has 1 unspecified atom stereocenters. The van der Waals surface area contributed by atoms with E-state index in [1.807, 2.05) is 6.08 Å². The fraction of sp³-hybridized carbons (Fsp3) is 0.800. The average molecular weight is 855 g/mol. The molecular weight excluding hydrogens is 757 g/mol. The molecule has 0 heterocycles. The zero-order valence-electron chi connectivity index (χ0n) is 40.4. The van der Waals surface area contributed by atoms with Crippen LogP contribution in [0.25, 0.3) is 0 Å². The van der Waals surface area contributed by atoms with Gasteiger partial charge in [0, 0.05) is 19.3 Å². The van der Waals surface area contributed by atoms with E-state index < -0.39 is 6.10 Å². The van der Waals surface area contributed by atoms with Gasteiger partial charge in [0.2, 0.25) is 0 Å². The SMILES string of the molecule is CCCCCC/C=C\CCCCCCCCCC(=O)OCC(COC(=O)CC/C=C\C/C=C\CCCCCCCC)OC(=O)CCCCCCCCC/C=C\CCCCCC. The predicted molar refractivity (Wildman–Crippen MR) is 261 cm³/mol. The number of rotatable bonds is 47. The molecule has 0 saturated heterocycles. The first-order chi connectivity index (χ1) is 30.0. The Morgan fingerprint density at radius 3 is 1.03 bits per heavy atom. The van der Waals surface area contributed by atoms with Crippen molar-refractivity contribution < 1.29 is 28.6 Å². The second-order valence-corrected chi connectivity index (χ2v) is 17.4. The predicted octanol–water partition coefficient (Wildman–Crippen LogP) is 17.1. The van der Waals surface area contributed by atoms with Crippen LogP contribution in [0.15, 0.2) is 48.6 Å². The minimum atomic E-state index is -0.797. The highest BCUT2D eigenvalue weighted by Gasteiger charge is 2.19. The third kappa shape index (κ3) is 48.3. The summed E-state index contributed by atoms with van der Waals surface area (Å²) in [6, 6.07) is 0. The third-order valence-corrected chi connectivity index (χ3v) is 11.3. The van der Waals surface area contributed by atoms with Gasteiger partial charge in [-0.15, -0.1) is 0 Å². The lowest BCUT2D eigenvalue weighted by Crippen LogP contribution is -2.30. The molecule has 1 atom stereocenters. The molecule has 0 amide bonds. The lowest BCUT2D eigenvalue weighted by atomic mass is 10.1. The molecule has 0 rings (SSSR count). The minimum absolute atomic E-state index is 0.0932. The van der Waals surface area contributed by atoms with Crippen molar-refractivity contribution in [1.29, 1.82) is 0 Å². The van der Waals surface area contributed by atoms with Gasteiger partial charge in [0.15, 0.2) is 6.10 Å². The van der Waals surface area contributed by atoms with Crippen molar-refractivity contribution >= 4 is 17.9 Å². The van der Waals surface area contributed by atoms with E-state index in [1.54, 1.807) is 0 Å². The van der Waals surface area contributed by atoms with Gasteiger partial charge < -0.3 is 14.2 Å². The zero-order chi connectivity index (χ0) is 44.4. The number of unbranched alkanes of at least 4 members (excludes halogenated alkanes) is 28. The Morgan fingerprint density at radius 2 is 0.623 bits per heavy atom. The number of hydrogen-bond donors (Lipinski definition) is 0. The first-order valence-corrected chi connectivity index (χ1v) is 26.1. The topological polar surface area (TPSA) is 78.9 Å². The lowest BCUT2D eigenvalue weighted by molar-refractivity contribution is -0.166. The van der Waals surface area contributed by atoms with Crippen LogP contribution < -0.4 is 0 Å². The monoisotopic (exact) mass is 855 g/mol. The molecule has 61 heavy (non-hydrogen) atoms. The Balaban J connectivity index is 4.43. The highest BCUT2D eigenvalue weighted by molar-refractivity contribution is 5.71. The summed E-state index contributed by atoms with van der Waals surface area (Å²) in [5.41, 5.74) is 0. The van der Waals surface area contributed by atoms with E-state index >= 15 is 0 Å². The number of carbonyl (C=O) groups excluding carboxylic acids is 3. The first kappa shape index (κ1) is 58.4. The van der Waals surface area contributed by atoms with Crippen LogP contribution in [0.2, 0.25) is 0 Å². The lowest BCUT2D eigenvalue weighted by Gasteiger charge is -2.18. The van der Waals surface area contributed by atoms with Crippen LogP contribution in [0.4, 0.5) is 0 Å². The maximum Gasteiger partial charge on any atom is 0.306 e. The molecule has 0 bridgehead atoms. The summed E-state index contributed by atoms with van der Waals surface area (Å²) in [5.74, 6) is -0.966. The summed E-state index contributed by atoms with van der Waals surface area (Å²) in [7, 11) is 0.